The maximum absolute atomic E-state index is 12.2. The second-order valence-electron chi connectivity index (χ2n) is 6.54. The fourth-order valence-electron chi connectivity index (χ4n) is 2.50. The highest BCUT2D eigenvalue weighted by Gasteiger charge is 2.31. The van der Waals surface area contributed by atoms with Crippen LogP contribution in [0.25, 0.3) is 0 Å². The number of halogens is 2. The summed E-state index contributed by atoms with van der Waals surface area (Å²) in [6, 6.07) is 5.64. The van der Waals surface area contributed by atoms with Crippen molar-refractivity contribution < 1.29 is 9.53 Å². The van der Waals surface area contributed by atoms with Gasteiger partial charge in [-0.3, -0.25) is 0 Å². The molecule has 1 unspecified atom stereocenters. The highest BCUT2D eigenvalue weighted by molar-refractivity contribution is 6.43. The molecule has 1 saturated heterocycles. The van der Waals surface area contributed by atoms with E-state index in [9.17, 15) is 4.79 Å². The minimum atomic E-state index is -0.482. The Morgan fingerprint density at radius 1 is 1.27 bits per heavy atom. The third-order valence-corrected chi connectivity index (χ3v) is 4.34. The zero-order valence-electron chi connectivity index (χ0n) is 13.4. The van der Waals surface area contributed by atoms with Gasteiger partial charge in [-0.2, -0.15) is 0 Å². The van der Waals surface area contributed by atoms with Crippen LogP contribution in [0, 0.1) is 0 Å². The third-order valence-electron chi connectivity index (χ3n) is 3.53. The van der Waals surface area contributed by atoms with E-state index in [1.54, 1.807) is 11.0 Å². The van der Waals surface area contributed by atoms with Crippen molar-refractivity contribution in [3.05, 3.63) is 28.2 Å². The van der Waals surface area contributed by atoms with Crippen LogP contribution in [0.1, 0.15) is 27.7 Å². The molecule has 1 atom stereocenters. The summed E-state index contributed by atoms with van der Waals surface area (Å²) in [7, 11) is 0. The quantitative estimate of drug-likeness (QED) is 0.754. The predicted octanol–water partition coefficient (Wildman–Crippen LogP) is 4.44. The lowest BCUT2D eigenvalue weighted by atomic mass is 10.1. The average Bonchev–Trinajstić information content (AvgIpc) is 2.39. The Balaban J connectivity index is 2.07. The lowest BCUT2D eigenvalue weighted by Gasteiger charge is -2.41. The van der Waals surface area contributed by atoms with Gasteiger partial charge in [0, 0.05) is 25.7 Å². The Bertz CT molecular complexity index is 558. The molecule has 1 amide bonds. The van der Waals surface area contributed by atoms with Gasteiger partial charge in [0.25, 0.3) is 0 Å². The summed E-state index contributed by atoms with van der Waals surface area (Å²) < 4.78 is 5.45. The molecule has 1 fully saturated rings. The van der Waals surface area contributed by atoms with Gasteiger partial charge in [-0.1, -0.05) is 29.3 Å². The molecule has 4 nitrogen and oxygen atoms in total. The molecule has 0 radical (unpaired) electrons. The van der Waals surface area contributed by atoms with E-state index in [0.29, 0.717) is 29.7 Å². The maximum Gasteiger partial charge on any atom is 0.410 e. The van der Waals surface area contributed by atoms with E-state index in [1.807, 2.05) is 39.8 Å². The van der Waals surface area contributed by atoms with Crippen LogP contribution in [0.4, 0.5) is 10.5 Å². The molecule has 1 aromatic carbocycles. The number of benzene rings is 1. The van der Waals surface area contributed by atoms with Gasteiger partial charge in [0.05, 0.1) is 15.7 Å². The number of amides is 1. The van der Waals surface area contributed by atoms with Crippen molar-refractivity contribution in [2.24, 2.45) is 0 Å². The third kappa shape index (κ3) is 3.99. The standard InChI is InChI=1S/C16H22Cl2N2O2/c1-11-10-19(13-7-5-6-12(17)14(13)18)8-9-20(11)15(21)22-16(2,3)4/h5-7,11H,8-10H2,1-4H3. The van der Waals surface area contributed by atoms with Gasteiger partial charge in [-0.15, -0.1) is 0 Å². The van der Waals surface area contributed by atoms with Gasteiger partial charge in [0.2, 0.25) is 0 Å². The maximum atomic E-state index is 12.2. The molecule has 1 aliphatic rings. The molecular weight excluding hydrogens is 323 g/mol. The molecule has 1 aliphatic heterocycles. The monoisotopic (exact) mass is 344 g/mol. The predicted molar refractivity (Wildman–Crippen MR) is 91.1 cm³/mol. The molecule has 1 aromatic rings. The van der Waals surface area contributed by atoms with E-state index < -0.39 is 5.60 Å². The molecule has 0 saturated carbocycles. The van der Waals surface area contributed by atoms with E-state index in [-0.39, 0.29) is 12.1 Å². The van der Waals surface area contributed by atoms with E-state index in [0.717, 1.165) is 5.69 Å². The van der Waals surface area contributed by atoms with Gasteiger partial charge in [0.1, 0.15) is 5.60 Å². The minimum Gasteiger partial charge on any atom is -0.444 e. The molecular formula is C16H22Cl2N2O2. The smallest absolute Gasteiger partial charge is 0.410 e. The van der Waals surface area contributed by atoms with Crippen molar-refractivity contribution in [2.45, 2.75) is 39.3 Å². The van der Waals surface area contributed by atoms with Crippen LogP contribution in [0.15, 0.2) is 18.2 Å². The number of hydrogen-bond acceptors (Lipinski definition) is 3. The van der Waals surface area contributed by atoms with Gasteiger partial charge in [0.15, 0.2) is 0 Å². The van der Waals surface area contributed by atoms with Crippen LogP contribution in [-0.2, 0) is 4.74 Å². The summed E-state index contributed by atoms with van der Waals surface area (Å²) in [5, 5.41) is 1.10. The highest BCUT2D eigenvalue weighted by Crippen LogP contribution is 2.33. The van der Waals surface area contributed by atoms with Crippen LogP contribution < -0.4 is 4.90 Å². The molecule has 0 spiro atoms. The van der Waals surface area contributed by atoms with Gasteiger partial charge < -0.3 is 14.5 Å². The summed E-state index contributed by atoms with van der Waals surface area (Å²) >= 11 is 12.4. The summed E-state index contributed by atoms with van der Waals surface area (Å²) in [4.78, 5) is 16.1. The van der Waals surface area contributed by atoms with E-state index in [1.165, 1.54) is 0 Å². The number of anilines is 1. The molecule has 122 valence electrons. The zero-order chi connectivity index (χ0) is 16.5. The van der Waals surface area contributed by atoms with Crippen molar-refractivity contribution in [1.29, 1.82) is 0 Å². The van der Waals surface area contributed by atoms with E-state index in [4.69, 9.17) is 27.9 Å². The fourth-order valence-corrected chi connectivity index (χ4v) is 2.92. The average molecular weight is 345 g/mol. The van der Waals surface area contributed by atoms with Gasteiger partial charge in [-0.05, 0) is 39.8 Å². The Morgan fingerprint density at radius 2 is 1.95 bits per heavy atom. The molecule has 0 aromatic heterocycles. The summed E-state index contributed by atoms with van der Waals surface area (Å²) in [5.74, 6) is 0. The SMILES string of the molecule is CC1CN(c2cccc(Cl)c2Cl)CCN1C(=O)OC(C)(C)C. The molecule has 0 N–H and O–H groups in total. The molecule has 2 rings (SSSR count). The van der Waals surface area contributed by atoms with Crippen LogP contribution in [0.3, 0.4) is 0 Å². The lowest BCUT2D eigenvalue weighted by molar-refractivity contribution is 0.0159. The number of carbonyl (C=O) groups excluding carboxylic acids is 1. The lowest BCUT2D eigenvalue weighted by Crippen LogP contribution is -2.55. The largest absolute Gasteiger partial charge is 0.444 e. The molecule has 1 heterocycles. The minimum absolute atomic E-state index is 0.0404. The van der Waals surface area contributed by atoms with Crippen LogP contribution in [0.2, 0.25) is 10.0 Å². The first-order valence-corrected chi connectivity index (χ1v) is 8.13. The fraction of sp³-hybridized carbons (Fsp3) is 0.562. The number of rotatable bonds is 1. The first-order valence-electron chi connectivity index (χ1n) is 7.37. The molecule has 0 aliphatic carbocycles. The van der Waals surface area contributed by atoms with E-state index in [2.05, 4.69) is 4.90 Å². The Hall–Kier alpha value is -1.13. The topological polar surface area (TPSA) is 32.8 Å². The number of piperazine rings is 1. The first kappa shape index (κ1) is 17.2. The second kappa shape index (κ2) is 6.55. The number of nitrogens with zero attached hydrogens (tertiary/aromatic N) is 2. The second-order valence-corrected chi connectivity index (χ2v) is 7.33. The Kier molecular flexibility index (Phi) is 5.13. The molecule has 0 bridgehead atoms. The molecule has 22 heavy (non-hydrogen) atoms. The van der Waals surface area contributed by atoms with E-state index >= 15 is 0 Å². The van der Waals surface area contributed by atoms with Crippen molar-refractivity contribution in [1.82, 2.24) is 4.90 Å². The van der Waals surface area contributed by atoms with Crippen LogP contribution in [0.5, 0.6) is 0 Å². The summed E-state index contributed by atoms with van der Waals surface area (Å²) in [6.07, 6.45) is -0.267. The van der Waals surface area contributed by atoms with Crippen molar-refractivity contribution >= 4 is 35.0 Å². The van der Waals surface area contributed by atoms with Crippen molar-refractivity contribution in [2.75, 3.05) is 24.5 Å². The number of carbonyl (C=O) groups is 1. The van der Waals surface area contributed by atoms with Gasteiger partial charge >= 0.3 is 6.09 Å². The zero-order valence-corrected chi connectivity index (χ0v) is 14.9. The van der Waals surface area contributed by atoms with Crippen molar-refractivity contribution in [3.8, 4) is 0 Å². The Morgan fingerprint density at radius 3 is 2.55 bits per heavy atom. The number of hydrogen-bond donors (Lipinski definition) is 0. The first-order chi connectivity index (χ1) is 10.2. The molecule has 6 heteroatoms. The summed E-state index contributed by atoms with van der Waals surface area (Å²) in [6.45, 7) is 9.61. The van der Waals surface area contributed by atoms with Crippen molar-refractivity contribution in [3.63, 3.8) is 0 Å². The van der Waals surface area contributed by atoms with Crippen LogP contribution in [-0.4, -0.2) is 42.3 Å². The number of ether oxygens (including phenoxy) is 1. The Labute approximate surface area is 141 Å². The van der Waals surface area contributed by atoms with Gasteiger partial charge in [-0.25, -0.2) is 4.79 Å². The van der Waals surface area contributed by atoms with Crippen LogP contribution >= 0.6 is 23.2 Å². The summed E-state index contributed by atoms with van der Waals surface area (Å²) in [5.41, 5.74) is 0.425. The highest BCUT2D eigenvalue weighted by atomic mass is 35.5. The normalized spacial score (nSPS) is 19.3.